The molecule has 0 aromatic heterocycles. The lowest BCUT2D eigenvalue weighted by molar-refractivity contribution is -0.136. The number of fused-ring (bicyclic) bond motifs is 3. The van der Waals surface area contributed by atoms with E-state index in [1.54, 1.807) is 7.05 Å². The standard InChI is InChI=1S/C25H27N5O3/c1-16-12-17(2)14-19(13-16)30-20(18-8-5-4-6-9-18)15-29-21-22(26-24(29)30)27(3)25(33)28(23(21)32)10-7-11-31/h4-6,8-9,12-15,21-22,31H,7,10-11H2,1-3H3. The van der Waals surface area contributed by atoms with Crippen molar-refractivity contribution in [1.82, 2.24) is 14.7 Å². The fourth-order valence-electron chi connectivity index (χ4n) is 4.82. The summed E-state index contributed by atoms with van der Waals surface area (Å²) in [6, 6.07) is 15.3. The van der Waals surface area contributed by atoms with E-state index < -0.39 is 12.2 Å². The minimum absolute atomic E-state index is 0.0844. The van der Waals surface area contributed by atoms with Crippen molar-refractivity contribution in [3.63, 3.8) is 0 Å². The summed E-state index contributed by atoms with van der Waals surface area (Å²) in [5.74, 6) is 0.340. The largest absolute Gasteiger partial charge is 0.396 e. The van der Waals surface area contributed by atoms with Crippen LogP contribution in [0.4, 0.5) is 10.5 Å². The third-order valence-electron chi connectivity index (χ3n) is 6.29. The number of aliphatic hydroxyl groups excluding tert-OH is 1. The molecule has 3 amide bonds. The molecule has 0 spiro atoms. The van der Waals surface area contributed by atoms with Crippen molar-refractivity contribution >= 4 is 29.3 Å². The maximum absolute atomic E-state index is 13.4. The number of hydrogen-bond acceptors (Lipinski definition) is 6. The molecule has 33 heavy (non-hydrogen) atoms. The van der Waals surface area contributed by atoms with Crippen molar-refractivity contribution in [3.8, 4) is 0 Å². The molecule has 3 aliphatic rings. The molecule has 0 bridgehead atoms. The number of guanidine groups is 1. The van der Waals surface area contributed by atoms with Crippen LogP contribution in [-0.4, -0.2) is 70.1 Å². The van der Waals surface area contributed by atoms with Gasteiger partial charge in [0.05, 0.1) is 5.70 Å². The van der Waals surface area contributed by atoms with Gasteiger partial charge in [-0.25, -0.2) is 9.79 Å². The van der Waals surface area contributed by atoms with Gasteiger partial charge in [-0.2, -0.15) is 0 Å². The van der Waals surface area contributed by atoms with Gasteiger partial charge in [-0.05, 0) is 43.5 Å². The van der Waals surface area contributed by atoms with Gasteiger partial charge in [-0.15, -0.1) is 0 Å². The van der Waals surface area contributed by atoms with Crippen LogP contribution in [-0.2, 0) is 4.79 Å². The smallest absolute Gasteiger partial charge is 0.328 e. The second-order valence-electron chi connectivity index (χ2n) is 8.72. The number of imide groups is 1. The number of benzene rings is 2. The first-order chi connectivity index (χ1) is 15.9. The number of amides is 3. The zero-order chi connectivity index (χ0) is 23.3. The lowest BCUT2D eigenvalue weighted by atomic mass is 10.1. The molecule has 1 N–H and O–H groups in total. The molecule has 8 heteroatoms. The minimum atomic E-state index is -0.643. The highest BCUT2D eigenvalue weighted by atomic mass is 16.3. The number of nitrogens with zero attached hydrogens (tertiary/aromatic N) is 5. The Kier molecular flexibility index (Phi) is 5.17. The summed E-state index contributed by atoms with van der Waals surface area (Å²) in [4.78, 5) is 37.9. The van der Waals surface area contributed by atoms with Gasteiger partial charge in [0.15, 0.2) is 12.2 Å². The first-order valence-electron chi connectivity index (χ1n) is 11.1. The van der Waals surface area contributed by atoms with Gasteiger partial charge < -0.3 is 10.0 Å². The SMILES string of the molecule is Cc1cc(C)cc(N2C(c3ccccc3)=CN3C2=NC2C3C(=O)N(CCCO)C(=O)N2C)c1. The third kappa shape index (κ3) is 3.38. The molecule has 0 radical (unpaired) electrons. The average molecular weight is 446 g/mol. The summed E-state index contributed by atoms with van der Waals surface area (Å²) >= 11 is 0. The molecule has 3 heterocycles. The Balaban J connectivity index is 1.61. The van der Waals surface area contributed by atoms with Crippen LogP contribution in [0.1, 0.15) is 23.1 Å². The van der Waals surface area contributed by atoms with E-state index in [1.165, 1.54) is 9.80 Å². The fraction of sp³-hybridized carbons (Fsp3) is 0.320. The van der Waals surface area contributed by atoms with Crippen LogP contribution in [0.5, 0.6) is 0 Å². The van der Waals surface area contributed by atoms with Gasteiger partial charge in [0.2, 0.25) is 5.96 Å². The summed E-state index contributed by atoms with van der Waals surface area (Å²) < 4.78 is 0. The van der Waals surface area contributed by atoms with Gasteiger partial charge in [-0.1, -0.05) is 36.4 Å². The highest BCUT2D eigenvalue weighted by molar-refractivity contribution is 6.16. The Morgan fingerprint density at radius 2 is 1.73 bits per heavy atom. The number of carbonyl (C=O) groups excluding carboxylic acids is 2. The third-order valence-corrected chi connectivity index (χ3v) is 6.29. The van der Waals surface area contributed by atoms with Gasteiger partial charge >= 0.3 is 6.03 Å². The van der Waals surface area contributed by atoms with E-state index in [2.05, 4.69) is 36.9 Å². The lowest BCUT2D eigenvalue weighted by Crippen LogP contribution is -2.64. The number of hydrogen-bond donors (Lipinski definition) is 1. The van der Waals surface area contributed by atoms with Crippen molar-refractivity contribution in [1.29, 1.82) is 0 Å². The molecule has 170 valence electrons. The number of urea groups is 1. The summed E-state index contributed by atoms with van der Waals surface area (Å²) in [5.41, 5.74) is 5.15. The van der Waals surface area contributed by atoms with Gasteiger partial charge in [-0.3, -0.25) is 19.5 Å². The normalized spacial score (nSPS) is 21.9. The Morgan fingerprint density at radius 3 is 2.39 bits per heavy atom. The van der Waals surface area contributed by atoms with E-state index >= 15 is 0 Å². The Bertz CT molecular complexity index is 1160. The molecule has 2 unspecified atom stereocenters. The van der Waals surface area contributed by atoms with E-state index in [0.29, 0.717) is 12.4 Å². The quantitative estimate of drug-likeness (QED) is 0.766. The topological polar surface area (TPSA) is 79.7 Å². The number of anilines is 1. The van der Waals surface area contributed by atoms with Crippen LogP contribution in [0.3, 0.4) is 0 Å². The number of rotatable bonds is 5. The Hall–Kier alpha value is -3.65. The zero-order valence-corrected chi connectivity index (χ0v) is 19.0. The van der Waals surface area contributed by atoms with E-state index in [0.717, 1.165) is 28.1 Å². The van der Waals surface area contributed by atoms with Crippen molar-refractivity contribution in [2.24, 2.45) is 4.99 Å². The first kappa shape index (κ1) is 21.2. The van der Waals surface area contributed by atoms with Crippen LogP contribution in [0.2, 0.25) is 0 Å². The summed E-state index contributed by atoms with van der Waals surface area (Å²) in [5, 5.41) is 9.23. The molecule has 3 aliphatic heterocycles. The average Bonchev–Trinajstić information content (AvgIpc) is 3.34. The molecule has 1 saturated heterocycles. The van der Waals surface area contributed by atoms with Crippen LogP contribution < -0.4 is 4.90 Å². The second-order valence-corrected chi connectivity index (χ2v) is 8.72. The van der Waals surface area contributed by atoms with Gasteiger partial charge in [0, 0.05) is 37.7 Å². The van der Waals surface area contributed by atoms with Crippen LogP contribution in [0, 0.1) is 13.8 Å². The zero-order valence-electron chi connectivity index (χ0n) is 19.0. The van der Waals surface area contributed by atoms with Crippen LogP contribution in [0.25, 0.3) is 5.70 Å². The maximum Gasteiger partial charge on any atom is 0.328 e. The summed E-state index contributed by atoms with van der Waals surface area (Å²) in [7, 11) is 1.67. The molecule has 0 aliphatic carbocycles. The van der Waals surface area contributed by atoms with Crippen LogP contribution in [0.15, 0.2) is 59.7 Å². The molecule has 8 nitrogen and oxygen atoms in total. The fourth-order valence-corrected chi connectivity index (χ4v) is 4.82. The highest BCUT2D eigenvalue weighted by Crippen LogP contribution is 2.40. The van der Waals surface area contributed by atoms with Crippen molar-refractivity contribution in [2.45, 2.75) is 32.5 Å². The highest BCUT2D eigenvalue weighted by Gasteiger charge is 2.54. The molecule has 2 aromatic rings. The van der Waals surface area contributed by atoms with E-state index in [9.17, 15) is 14.7 Å². The summed E-state index contributed by atoms with van der Waals surface area (Å²) in [6.45, 7) is 4.21. The number of aliphatic hydroxyl groups is 1. The second kappa shape index (κ2) is 8.04. The Labute approximate surface area is 193 Å². The molecule has 2 atom stereocenters. The number of likely N-dealkylation sites (N-methyl/N-ethyl adjacent to an activating group) is 1. The van der Waals surface area contributed by atoms with E-state index in [4.69, 9.17) is 4.99 Å². The maximum atomic E-state index is 13.4. The van der Waals surface area contributed by atoms with E-state index in [1.807, 2.05) is 41.4 Å². The van der Waals surface area contributed by atoms with Crippen molar-refractivity contribution in [2.75, 3.05) is 25.1 Å². The van der Waals surface area contributed by atoms with Gasteiger partial charge in [0.1, 0.15) is 0 Å². The Morgan fingerprint density at radius 1 is 1.03 bits per heavy atom. The molecule has 2 aromatic carbocycles. The predicted molar refractivity (Wildman–Crippen MR) is 126 cm³/mol. The lowest BCUT2D eigenvalue weighted by Gasteiger charge is -2.40. The number of aryl methyl sites for hydroxylation is 2. The molecule has 0 saturated carbocycles. The predicted octanol–water partition coefficient (Wildman–Crippen LogP) is 2.76. The van der Waals surface area contributed by atoms with Crippen molar-refractivity contribution < 1.29 is 14.7 Å². The minimum Gasteiger partial charge on any atom is -0.396 e. The van der Waals surface area contributed by atoms with Gasteiger partial charge in [0.25, 0.3) is 5.91 Å². The number of aliphatic imine (C=N–C) groups is 1. The molecule has 1 fully saturated rings. The molecule has 5 rings (SSSR count). The number of carbonyl (C=O) groups is 2. The van der Waals surface area contributed by atoms with Crippen LogP contribution >= 0.6 is 0 Å². The van der Waals surface area contributed by atoms with E-state index in [-0.39, 0.29) is 25.1 Å². The first-order valence-corrected chi connectivity index (χ1v) is 11.1. The van der Waals surface area contributed by atoms with Crippen molar-refractivity contribution in [3.05, 3.63) is 71.4 Å². The monoisotopic (exact) mass is 445 g/mol. The molecular weight excluding hydrogens is 418 g/mol. The molecular formula is C25H27N5O3. The summed E-state index contributed by atoms with van der Waals surface area (Å²) in [6.07, 6.45) is 1.70.